The van der Waals surface area contributed by atoms with Gasteiger partial charge in [0.2, 0.25) is 0 Å². The molecule has 4 nitrogen and oxygen atoms in total. The van der Waals surface area contributed by atoms with Gasteiger partial charge in [0.05, 0.1) is 10.7 Å². The van der Waals surface area contributed by atoms with Crippen LogP contribution in [-0.4, -0.2) is 28.0 Å². The highest BCUT2D eigenvalue weighted by atomic mass is 35.5. The van der Waals surface area contributed by atoms with Gasteiger partial charge in [0.25, 0.3) is 0 Å². The van der Waals surface area contributed by atoms with E-state index in [0.29, 0.717) is 23.6 Å². The first-order chi connectivity index (χ1) is 12.2. The summed E-state index contributed by atoms with van der Waals surface area (Å²) in [6.45, 7) is 1.52. The monoisotopic (exact) mass is 359 g/mol. The highest BCUT2D eigenvalue weighted by Crippen LogP contribution is 2.25. The van der Waals surface area contributed by atoms with E-state index in [2.05, 4.69) is 10.1 Å². The van der Waals surface area contributed by atoms with Crippen LogP contribution in [0.3, 0.4) is 0 Å². The Kier molecular flexibility index (Phi) is 5.66. The molecule has 0 amide bonds. The molecule has 0 unspecified atom stereocenters. The van der Waals surface area contributed by atoms with E-state index in [4.69, 9.17) is 16.3 Å². The topological polar surface area (TPSA) is 39.9 Å². The van der Waals surface area contributed by atoms with Gasteiger partial charge in [-0.15, -0.1) is 0 Å². The molecule has 0 radical (unpaired) electrons. The van der Waals surface area contributed by atoms with E-state index < -0.39 is 6.67 Å². The van der Waals surface area contributed by atoms with Gasteiger partial charge in [0, 0.05) is 6.42 Å². The van der Waals surface area contributed by atoms with Crippen LogP contribution >= 0.6 is 11.6 Å². The van der Waals surface area contributed by atoms with Gasteiger partial charge in [-0.1, -0.05) is 41.9 Å². The summed E-state index contributed by atoms with van der Waals surface area (Å²) in [5.74, 6) is 1.52. The Morgan fingerprint density at radius 3 is 2.80 bits per heavy atom. The molecular weight excluding hydrogens is 341 g/mol. The van der Waals surface area contributed by atoms with Crippen LogP contribution in [0, 0.1) is 6.92 Å². The molecule has 3 aromatic rings. The zero-order valence-electron chi connectivity index (χ0n) is 14.0. The summed E-state index contributed by atoms with van der Waals surface area (Å²) in [7, 11) is 0. The molecule has 0 saturated heterocycles. The second-order valence-corrected chi connectivity index (χ2v) is 6.02. The van der Waals surface area contributed by atoms with Crippen LogP contribution in [0.4, 0.5) is 4.39 Å². The van der Waals surface area contributed by atoms with Crippen molar-refractivity contribution in [1.82, 2.24) is 14.8 Å². The van der Waals surface area contributed by atoms with Crippen LogP contribution in [-0.2, 0) is 12.8 Å². The molecular formula is C19H19ClFN3O. The fraction of sp³-hybridized carbons (Fsp3) is 0.263. The average molecular weight is 360 g/mol. The van der Waals surface area contributed by atoms with E-state index in [1.54, 1.807) is 4.68 Å². The van der Waals surface area contributed by atoms with Crippen LogP contribution < -0.4 is 4.74 Å². The maximum absolute atomic E-state index is 12.4. The number of aromatic nitrogens is 3. The number of nitrogens with zero attached hydrogens (tertiary/aromatic N) is 3. The number of aryl methyl sites for hydroxylation is 3. The molecule has 2 aromatic carbocycles. The van der Waals surface area contributed by atoms with Crippen molar-refractivity contribution < 1.29 is 9.13 Å². The van der Waals surface area contributed by atoms with Gasteiger partial charge in [-0.2, -0.15) is 5.10 Å². The molecule has 0 aliphatic carbocycles. The lowest BCUT2D eigenvalue weighted by atomic mass is 10.1. The van der Waals surface area contributed by atoms with E-state index in [1.807, 2.05) is 49.4 Å². The van der Waals surface area contributed by atoms with Crippen LogP contribution in [0.2, 0.25) is 5.02 Å². The van der Waals surface area contributed by atoms with E-state index in [0.717, 1.165) is 22.6 Å². The smallest absolute Gasteiger partial charge is 0.138 e. The van der Waals surface area contributed by atoms with Gasteiger partial charge >= 0.3 is 0 Å². The first-order valence-corrected chi connectivity index (χ1v) is 8.49. The van der Waals surface area contributed by atoms with E-state index in [9.17, 15) is 4.39 Å². The fourth-order valence-corrected chi connectivity index (χ4v) is 2.88. The van der Waals surface area contributed by atoms with Crippen LogP contribution in [0.25, 0.3) is 5.69 Å². The SMILES string of the molecule is Cc1cccc(-n2ncnc2CCc2ccccc2OCCF)c1Cl. The van der Waals surface area contributed by atoms with Gasteiger partial charge in [0.15, 0.2) is 0 Å². The third-order valence-corrected chi connectivity index (χ3v) is 4.43. The predicted octanol–water partition coefficient (Wildman–Crippen LogP) is 4.36. The summed E-state index contributed by atoms with van der Waals surface area (Å²) < 4.78 is 19.6. The second-order valence-electron chi connectivity index (χ2n) is 5.64. The molecule has 0 fully saturated rings. The Balaban J connectivity index is 1.80. The molecule has 1 aromatic heterocycles. The quantitative estimate of drug-likeness (QED) is 0.629. The molecule has 0 atom stereocenters. The van der Waals surface area contributed by atoms with Crippen molar-refractivity contribution in [1.29, 1.82) is 0 Å². The lowest BCUT2D eigenvalue weighted by Gasteiger charge is -2.12. The van der Waals surface area contributed by atoms with Crippen molar-refractivity contribution in [2.24, 2.45) is 0 Å². The molecule has 3 rings (SSSR count). The minimum absolute atomic E-state index is 0.0616. The summed E-state index contributed by atoms with van der Waals surface area (Å²) in [4.78, 5) is 4.36. The molecule has 0 bridgehead atoms. The first-order valence-electron chi connectivity index (χ1n) is 8.11. The molecule has 130 valence electrons. The summed E-state index contributed by atoms with van der Waals surface area (Å²) in [6, 6.07) is 13.5. The van der Waals surface area contributed by atoms with Crippen molar-refractivity contribution in [3.8, 4) is 11.4 Å². The Bertz CT molecular complexity index is 850. The second kappa shape index (κ2) is 8.12. The lowest BCUT2D eigenvalue weighted by Crippen LogP contribution is -2.07. The number of hydrogen-bond acceptors (Lipinski definition) is 3. The maximum Gasteiger partial charge on any atom is 0.138 e. The highest BCUT2D eigenvalue weighted by molar-refractivity contribution is 6.33. The minimum Gasteiger partial charge on any atom is -0.491 e. The number of halogens is 2. The summed E-state index contributed by atoms with van der Waals surface area (Å²) >= 11 is 6.41. The standard InChI is InChI=1S/C19H19ClFN3O/c1-14-5-4-7-16(19(14)20)24-18(22-13-23-24)10-9-15-6-2-3-8-17(15)25-12-11-21/h2-8,13H,9-12H2,1H3. The van der Waals surface area contributed by atoms with Gasteiger partial charge in [-0.25, -0.2) is 14.1 Å². The lowest BCUT2D eigenvalue weighted by molar-refractivity contribution is 0.271. The van der Waals surface area contributed by atoms with E-state index in [1.165, 1.54) is 6.33 Å². The Morgan fingerprint density at radius 1 is 1.12 bits per heavy atom. The predicted molar refractivity (Wildman–Crippen MR) is 96.4 cm³/mol. The van der Waals surface area contributed by atoms with Gasteiger partial charge in [-0.3, -0.25) is 0 Å². The summed E-state index contributed by atoms with van der Waals surface area (Å²) in [6.07, 6.45) is 2.91. The van der Waals surface area contributed by atoms with Gasteiger partial charge in [-0.05, 0) is 36.6 Å². The average Bonchev–Trinajstić information content (AvgIpc) is 3.09. The third kappa shape index (κ3) is 3.99. The van der Waals surface area contributed by atoms with Crippen molar-refractivity contribution in [2.45, 2.75) is 19.8 Å². The maximum atomic E-state index is 12.4. The van der Waals surface area contributed by atoms with E-state index in [-0.39, 0.29) is 6.61 Å². The number of benzene rings is 2. The first kappa shape index (κ1) is 17.4. The Labute approximate surface area is 151 Å². The molecule has 6 heteroatoms. The van der Waals surface area contributed by atoms with Crippen molar-refractivity contribution in [2.75, 3.05) is 13.3 Å². The van der Waals surface area contributed by atoms with E-state index >= 15 is 0 Å². The molecule has 0 spiro atoms. The van der Waals surface area contributed by atoms with Crippen LogP contribution in [0.15, 0.2) is 48.8 Å². The Morgan fingerprint density at radius 2 is 1.96 bits per heavy atom. The van der Waals surface area contributed by atoms with Crippen LogP contribution in [0.1, 0.15) is 17.0 Å². The van der Waals surface area contributed by atoms with Crippen molar-refractivity contribution in [3.05, 3.63) is 70.8 Å². The third-order valence-electron chi connectivity index (χ3n) is 3.94. The summed E-state index contributed by atoms with van der Waals surface area (Å²) in [5, 5.41) is 4.98. The molecule has 0 N–H and O–H groups in total. The van der Waals surface area contributed by atoms with Gasteiger partial charge < -0.3 is 4.74 Å². The summed E-state index contributed by atoms with van der Waals surface area (Å²) in [5.41, 5.74) is 2.82. The Hall–Kier alpha value is -2.40. The number of alkyl halides is 1. The van der Waals surface area contributed by atoms with Crippen LogP contribution in [0.5, 0.6) is 5.75 Å². The minimum atomic E-state index is -0.505. The molecule has 1 heterocycles. The number of para-hydroxylation sites is 1. The zero-order chi connectivity index (χ0) is 17.6. The normalized spacial score (nSPS) is 10.8. The van der Waals surface area contributed by atoms with Crippen molar-refractivity contribution >= 4 is 11.6 Å². The molecule has 25 heavy (non-hydrogen) atoms. The number of rotatable bonds is 7. The molecule has 0 aliphatic heterocycles. The largest absolute Gasteiger partial charge is 0.491 e. The number of ether oxygens (including phenoxy) is 1. The van der Waals surface area contributed by atoms with Gasteiger partial charge in [0.1, 0.15) is 31.2 Å². The number of hydrogen-bond donors (Lipinski definition) is 0. The highest BCUT2D eigenvalue weighted by Gasteiger charge is 2.12. The van der Waals surface area contributed by atoms with Crippen molar-refractivity contribution in [3.63, 3.8) is 0 Å². The molecule has 0 aliphatic rings. The zero-order valence-corrected chi connectivity index (χ0v) is 14.7. The fourth-order valence-electron chi connectivity index (χ4n) is 2.68. The molecule has 0 saturated carbocycles.